The molecular weight excluding hydrogens is 397 g/mol. The van der Waals surface area contributed by atoms with Crippen LogP contribution in [0.3, 0.4) is 0 Å². The summed E-state index contributed by atoms with van der Waals surface area (Å²) in [6.45, 7) is 6.02. The maximum Gasteiger partial charge on any atom is 0.262 e. The predicted molar refractivity (Wildman–Crippen MR) is 115 cm³/mol. The molecule has 2 heterocycles. The number of hydrogen-bond acceptors (Lipinski definition) is 4. The first kappa shape index (κ1) is 21.0. The molecule has 2 atom stereocenters. The second-order valence-electron chi connectivity index (χ2n) is 8.15. The molecule has 2 aliphatic heterocycles. The number of piperazine rings is 1. The number of fused-ring (bicyclic) bond motifs is 1. The fraction of sp³-hybridized carbons (Fsp3) is 0.375. The molecule has 0 spiro atoms. The van der Waals surface area contributed by atoms with Crippen LogP contribution in [0.25, 0.3) is 0 Å². The van der Waals surface area contributed by atoms with Gasteiger partial charge < -0.3 is 9.80 Å². The van der Waals surface area contributed by atoms with E-state index in [2.05, 4.69) is 4.90 Å². The van der Waals surface area contributed by atoms with Crippen molar-refractivity contribution < 1.29 is 18.8 Å². The topological polar surface area (TPSA) is 60.9 Å². The van der Waals surface area contributed by atoms with Crippen LogP contribution >= 0.6 is 0 Å². The van der Waals surface area contributed by atoms with E-state index in [1.54, 1.807) is 41.3 Å². The summed E-state index contributed by atoms with van der Waals surface area (Å²) in [6, 6.07) is 12.2. The Kier molecular flexibility index (Phi) is 5.76. The number of nitrogens with zero attached hydrogens (tertiary/aromatic N) is 3. The molecule has 162 valence electrons. The third-order valence-electron chi connectivity index (χ3n) is 6.32. The zero-order valence-corrected chi connectivity index (χ0v) is 17.8. The minimum Gasteiger partial charge on any atom is -0.368 e. The quantitative estimate of drug-likeness (QED) is 0.693. The molecule has 0 saturated carbocycles. The van der Waals surface area contributed by atoms with Gasteiger partial charge in [-0.3, -0.25) is 19.3 Å². The summed E-state index contributed by atoms with van der Waals surface area (Å²) in [7, 11) is 0. The largest absolute Gasteiger partial charge is 0.368 e. The summed E-state index contributed by atoms with van der Waals surface area (Å²) in [5.74, 6) is -1.43. The second-order valence-corrected chi connectivity index (χ2v) is 8.15. The van der Waals surface area contributed by atoms with Crippen LogP contribution < -0.4 is 4.90 Å². The highest BCUT2D eigenvalue weighted by atomic mass is 19.1. The lowest BCUT2D eigenvalue weighted by Gasteiger charge is -2.40. The molecule has 2 aromatic carbocycles. The molecule has 2 unspecified atom stereocenters. The molecule has 2 aliphatic rings. The van der Waals surface area contributed by atoms with Crippen LogP contribution in [-0.4, -0.2) is 59.7 Å². The number of carbonyl (C=O) groups is 3. The lowest BCUT2D eigenvalue weighted by molar-refractivity contribution is -0.137. The van der Waals surface area contributed by atoms with E-state index in [1.165, 1.54) is 12.1 Å². The number of carbonyl (C=O) groups excluding carboxylic acids is 3. The van der Waals surface area contributed by atoms with E-state index >= 15 is 0 Å². The van der Waals surface area contributed by atoms with Gasteiger partial charge in [-0.05, 0) is 42.3 Å². The van der Waals surface area contributed by atoms with Crippen LogP contribution in [0.5, 0.6) is 0 Å². The zero-order valence-electron chi connectivity index (χ0n) is 17.8. The zero-order chi connectivity index (χ0) is 22.1. The van der Waals surface area contributed by atoms with Crippen molar-refractivity contribution in [1.82, 2.24) is 9.80 Å². The monoisotopic (exact) mass is 423 g/mol. The summed E-state index contributed by atoms with van der Waals surface area (Å²) in [6.07, 6.45) is 0.666. The van der Waals surface area contributed by atoms with Gasteiger partial charge in [0.25, 0.3) is 11.8 Å². The van der Waals surface area contributed by atoms with Crippen molar-refractivity contribution in [3.8, 4) is 0 Å². The second kappa shape index (κ2) is 8.49. The lowest BCUT2D eigenvalue weighted by Crippen LogP contribution is -2.58. The Morgan fingerprint density at radius 1 is 0.935 bits per heavy atom. The Morgan fingerprint density at radius 2 is 1.48 bits per heavy atom. The number of imide groups is 1. The minimum atomic E-state index is -0.824. The Balaban J connectivity index is 1.52. The van der Waals surface area contributed by atoms with Crippen LogP contribution in [0.4, 0.5) is 10.1 Å². The lowest BCUT2D eigenvalue weighted by atomic mass is 9.95. The van der Waals surface area contributed by atoms with E-state index in [4.69, 9.17) is 0 Å². The van der Waals surface area contributed by atoms with E-state index in [-0.39, 0.29) is 17.6 Å². The van der Waals surface area contributed by atoms with Crippen LogP contribution in [0.1, 0.15) is 41.0 Å². The van der Waals surface area contributed by atoms with Crippen molar-refractivity contribution in [2.75, 3.05) is 31.1 Å². The molecule has 4 rings (SSSR count). The SMILES string of the molecule is CCC(C)C(C(=O)N1CCN(c2ccc(F)cc2)CC1)N1C(=O)c2ccccc2C1=O. The minimum absolute atomic E-state index is 0.162. The Hall–Kier alpha value is -3.22. The van der Waals surface area contributed by atoms with Crippen molar-refractivity contribution in [1.29, 1.82) is 0 Å². The summed E-state index contributed by atoms with van der Waals surface area (Å²) >= 11 is 0. The van der Waals surface area contributed by atoms with Gasteiger partial charge in [0.2, 0.25) is 5.91 Å². The van der Waals surface area contributed by atoms with Gasteiger partial charge in [0.05, 0.1) is 11.1 Å². The average Bonchev–Trinajstić information content (AvgIpc) is 3.05. The van der Waals surface area contributed by atoms with Gasteiger partial charge in [0, 0.05) is 31.9 Å². The van der Waals surface area contributed by atoms with Gasteiger partial charge in [-0.15, -0.1) is 0 Å². The third-order valence-corrected chi connectivity index (χ3v) is 6.32. The molecule has 1 fully saturated rings. The fourth-order valence-corrected chi connectivity index (χ4v) is 4.32. The van der Waals surface area contributed by atoms with Crippen molar-refractivity contribution in [3.05, 3.63) is 65.5 Å². The van der Waals surface area contributed by atoms with Crippen LogP contribution in [0.2, 0.25) is 0 Å². The van der Waals surface area contributed by atoms with Gasteiger partial charge in [-0.25, -0.2) is 4.39 Å². The van der Waals surface area contributed by atoms with Crippen LogP contribution in [0, 0.1) is 11.7 Å². The van der Waals surface area contributed by atoms with Crippen LogP contribution in [-0.2, 0) is 4.79 Å². The summed E-state index contributed by atoms with van der Waals surface area (Å²) < 4.78 is 13.2. The number of halogens is 1. The number of amides is 3. The van der Waals surface area contributed by atoms with Gasteiger partial charge in [-0.1, -0.05) is 32.4 Å². The molecule has 2 aromatic rings. The summed E-state index contributed by atoms with van der Waals surface area (Å²) in [5.41, 5.74) is 1.62. The standard InChI is InChI=1S/C24H26FN3O3/c1-3-16(2)21(28-22(29)19-6-4-5-7-20(19)23(28)30)24(31)27-14-12-26(13-15-27)18-10-8-17(25)9-11-18/h4-11,16,21H,3,12-15H2,1-2H3. The van der Waals surface area contributed by atoms with Crippen molar-refractivity contribution in [2.45, 2.75) is 26.3 Å². The molecule has 3 amide bonds. The Labute approximate surface area is 181 Å². The van der Waals surface area contributed by atoms with E-state index < -0.39 is 17.9 Å². The Bertz CT molecular complexity index is 964. The molecule has 0 radical (unpaired) electrons. The smallest absolute Gasteiger partial charge is 0.262 e. The van der Waals surface area contributed by atoms with Gasteiger partial charge in [0.15, 0.2) is 0 Å². The fourth-order valence-electron chi connectivity index (χ4n) is 4.32. The first-order valence-corrected chi connectivity index (χ1v) is 10.7. The number of rotatable bonds is 5. The van der Waals surface area contributed by atoms with Crippen molar-refractivity contribution in [2.24, 2.45) is 5.92 Å². The van der Waals surface area contributed by atoms with E-state index in [0.717, 1.165) is 10.6 Å². The first-order chi connectivity index (χ1) is 14.9. The molecule has 0 aromatic heterocycles. The number of anilines is 1. The molecule has 7 heteroatoms. The number of hydrogen-bond donors (Lipinski definition) is 0. The van der Waals surface area contributed by atoms with Crippen molar-refractivity contribution in [3.63, 3.8) is 0 Å². The molecule has 0 aliphatic carbocycles. The van der Waals surface area contributed by atoms with Gasteiger partial charge in [0.1, 0.15) is 11.9 Å². The Morgan fingerprint density at radius 3 is 2.00 bits per heavy atom. The van der Waals surface area contributed by atoms with Crippen LogP contribution in [0.15, 0.2) is 48.5 Å². The maximum atomic E-state index is 13.5. The highest BCUT2D eigenvalue weighted by Crippen LogP contribution is 2.29. The van der Waals surface area contributed by atoms with Gasteiger partial charge in [-0.2, -0.15) is 0 Å². The average molecular weight is 423 g/mol. The molecule has 31 heavy (non-hydrogen) atoms. The summed E-state index contributed by atoms with van der Waals surface area (Å²) in [4.78, 5) is 44.6. The molecule has 0 bridgehead atoms. The highest BCUT2D eigenvalue weighted by Gasteiger charge is 2.45. The third kappa shape index (κ3) is 3.80. The highest BCUT2D eigenvalue weighted by molar-refractivity contribution is 6.22. The molecule has 0 N–H and O–H groups in total. The predicted octanol–water partition coefficient (Wildman–Crippen LogP) is 3.19. The normalized spacial score (nSPS) is 18.2. The van der Waals surface area contributed by atoms with E-state index in [9.17, 15) is 18.8 Å². The molecule has 6 nitrogen and oxygen atoms in total. The van der Waals surface area contributed by atoms with Gasteiger partial charge >= 0.3 is 0 Å². The summed E-state index contributed by atoms with van der Waals surface area (Å²) in [5, 5.41) is 0. The number of benzene rings is 2. The molecular formula is C24H26FN3O3. The first-order valence-electron chi connectivity index (χ1n) is 10.7. The molecule has 1 saturated heterocycles. The van der Waals surface area contributed by atoms with E-state index in [0.29, 0.717) is 43.7 Å². The van der Waals surface area contributed by atoms with Crippen molar-refractivity contribution >= 4 is 23.4 Å². The maximum absolute atomic E-state index is 13.5. The van der Waals surface area contributed by atoms with E-state index in [1.807, 2.05) is 13.8 Å².